The number of ether oxygens (including phenoxy) is 1. The smallest absolute Gasteiger partial charge is 0.338 e. The van der Waals surface area contributed by atoms with E-state index in [2.05, 4.69) is 0 Å². The average molecular weight is 579 g/mol. The van der Waals surface area contributed by atoms with Crippen LogP contribution in [-0.4, -0.2) is 43.2 Å². The molecule has 0 aliphatic carbocycles. The van der Waals surface area contributed by atoms with Gasteiger partial charge in [-0.05, 0) is 67.1 Å². The number of nitrogens with zero attached hydrogens (tertiary/aromatic N) is 2. The van der Waals surface area contributed by atoms with E-state index in [1.54, 1.807) is 6.92 Å². The average Bonchev–Trinajstić information content (AvgIpc) is 3.18. The van der Waals surface area contributed by atoms with Gasteiger partial charge in [0.15, 0.2) is 0 Å². The Kier molecular flexibility index (Phi) is 8.17. The number of anilines is 1. The second kappa shape index (κ2) is 11.2. The molecule has 1 atom stereocenters. The van der Waals surface area contributed by atoms with Gasteiger partial charge in [0.05, 0.1) is 29.3 Å². The van der Waals surface area contributed by atoms with Crippen LogP contribution >= 0.6 is 23.2 Å². The third-order valence-electron chi connectivity index (χ3n) is 5.84. The molecule has 0 bridgehead atoms. The number of carbonyl (C=O) groups excluding carboxylic acids is 3. The Morgan fingerprint density at radius 3 is 2.34 bits per heavy atom. The predicted octanol–water partition coefficient (Wildman–Crippen LogP) is 4.83. The van der Waals surface area contributed by atoms with Crippen LogP contribution in [0.2, 0.25) is 10.0 Å². The maximum Gasteiger partial charge on any atom is 0.338 e. The molecule has 1 aliphatic rings. The van der Waals surface area contributed by atoms with E-state index in [1.807, 2.05) is 0 Å². The molecule has 2 amide bonds. The molecule has 3 aromatic carbocycles. The molecule has 0 N–H and O–H groups in total. The lowest BCUT2D eigenvalue weighted by Gasteiger charge is -2.27. The standard InChI is InChI=1S/C26H21Cl2FN2O6S/c1-2-37-26(34)17-5-10-20(11-6-17)31-24(32)14-22(25(31)33)30(15-16-3-8-19(29)9-4-16)38(35,36)23-13-18(27)7-12-21(23)28/h3-13,22H,2,14-15H2,1H3. The lowest BCUT2D eigenvalue weighted by atomic mass is 10.2. The molecule has 0 saturated carbocycles. The topological polar surface area (TPSA) is 101 Å². The zero-order chi connectivity index (χ0) is 27.6. The lowest BCUT2D eigenvalue weighted by molar-refractivity contribution is -0.122. The van der Waals surface area contributed by atoms with Crippen LogP contribution in [0.15, 0.2) is 71.6 Å². The van der Waals surface area contributed by atoms with Gasteiger partial charge in [0, 0.05) is 11.6 Å². The number of hydrogen-bond acceptors (Lipinski definition) is 6. The summed E-state index contributed by atoms with van der Waals surface area (Å²) < 4.78 is 46.9. The van der Waals surface area contributed by atoms with Crippen molar-refractivity contribution in [1.82, 2.24) is 4.31 Å². The number of carbonyl (C=O) groups is 3. The number of amides is 2. The highest BCUT2D eigenvalue weighted by Crippen LogP contribution is 2.34. The van der Waals surface area contributed by atoms with E-state index in [1.165, 1.54) is 48.5 Å². The van der Waals surface area contributed by atoms with Crippen molar-refractivity contribution in [2.75, 3.05) is 11.5 Å². The highest BCUT2D eigenvalue weighted by Gasteiger charge is 2.47. The Morgan fingerprint density at radius 2 is 1.71 bits per heavy atom. The molecule has 1 aliphatic heterocycles. The second-order valence-electron chi connectivity index (χ2n) is 8.31. The van der Waals surface area contributed by atoms with Crippen LogP contribution in [0.4, 0.5) is 10.1 Å². The van der Waals surface area contributed by atoms with Crippen molar-refractivity contribution >= 4 is 56.7 Å². The maximum atomic E-state index is 13.8. The minimum absolute atomic E-state index is 0.104. The van der Waals surface area contributed by atoms with Gasteiger partial charge in [0.1, 0.15) is 16.8 Å². The van der Waals surface area contributed by atoms with Crippen LogP contribution in [0.3, 0.4) is 0 Å². The van der Waals surface area contributed by atoms with E-state index in [9.17, 15) is 27.2 Å². The first-order chi connectivity index (χ1) is 18.0. The fourth-order valence-corrected chi connectivity index (χ4v) is 6.32. The molecule has 3 aromatic rings. The first-order valence-electron chi connectivity index (χ1n) is 11.4. The molecule has 38 heavy (non-hydrogen) atoms. The summed E-state index contributed by atoms with van der Waals surface area (Å²) in [5.41, 5.74) is 0.767. The van der Waals surface area contributed by atoms with E-state index in [4.69, 9.17) is 27.9 Å². The number of benzene rings is 3. The summed E-state index contributed by atoms with van der Waals surface area (Å²) in [4.78, 5) is 39.0. The van der Waals surface area contributed by atoms with Crippen LogP contribution < -0.4 is 4.90 Å². The second-order valence-corrected chi connectivity index (χ2v) is 11.0. The largest absolute Gasteiger partial charge is 0.462 e. The van der Waals surface area contributed by atoms with Crippen molar-refractivity contribution < 1.29 is 31.9 Å². The summed E-state index contributed by atoms with van der Waals surface area (Å²) in [6.07, 6.45) is -0.447. The molecule has 4 rings (SSSR count). The first kappa shape index (κ1) is 27.7. The number of rotatable bonds is 8. The number of esters is 1. The summed E-state index contributed by atoms with van der Waals surface area (Å²) in [5, 5.41) is -0.0199. The molecular formula is C26H21Cl2FN2O6S. The molecule has 12 heteroatoms. The Balaban J connectivity index is 1.72. The van der Waals surface area contributed by atoms with Crippen molar-refractivity contribution in [2.24, 2.45) is 0 Å². The summed E-state index contributed by atoms with van der Waals surface area (Å²) in [5.74, 6) is -2.51. The van der Waals surface area contributed by atoms with Crippen molar-refractivity contribution in [3.05, 3.63) is 93.7 Å². The van der Waals surface area contributed by atoms with Gasteiger partial charge in [0.2, 0.25) is 15.9 Å². The van der Waals surface area contributed by atoms with Crippen LogP contribution in [0.1, 0.15) is 29.3 Å². The third-order valence-corrected chi connectivity index (χ3v) is 8.41. The molecule has 0 radical (unpaired) electrons. The van der Waals surface area contributed by atoms with Gasteiger partial charge in [0.25, 0.3) is 5.91 Å². The minimum Gasteiger partial charge on any atom is -0.462 e. The molecule has 0 aromatic heterocycles. The third kappa shape index (κ3) is 5.58. The van der Waals surface area contributed by atoms with E-state index < -0.39 is 46.1 Å². The minimum atomic E-state index is -4.47. The van der Waals surface area contributed by atoms with Crippen molar-refractivity contribution in [3.8, 4) is 0 Å². The summed E-state index contributed by atoms with van der Waals surface area (Å²) in [7, 11) is -4.47. The Labute approximate surface area is 228 Å². The fraction of sp³-hybridized carbons (Fsp3) is 0.192. The zero-order valence-electron chi connectivity index (χ0n) is 19.9. The van der Waals surface area contributed by atoms with Gasteiger partial charge < -0.3 is 4.74 Å². The predicted molar refractivity (Wildman–Crippen MR) is 139 cm³/mol. The van der Waals surface area contributed by atoms with Crippen LogP contribution in [0, 0.1) is 5.82 Å². The van der Waals surface area contributed by atoms with Gasteiger partial charge >= 0.3 is 5.97 Å². The van der Waals surface area contributed by atoms with E-state index in [-0.39, 0.29) is 39.3 Å². The molecule has 8 nitrogen and oxygen atoms in total. The number of hydrogen-bond donors (Lipinski definition) is 0. The monoisotopic (exact) mass is 578 g/mol. The molecule has 1 saturated heterocycles. The number of imide groups is 1. The van der Waals surface area contributed by atoms with Crippen LogP contribution in [0.25, 0.3) is 0 Å². The van der Waals surface area contributed by atoms with Crippen molar-refractivity contribution in [3.63, 3.8) is 0 Å². The molecule has 1 heterocycles. The zero-order valence-corrected chi connectivity index (χ0v) is 22.3. The summed E-state index contributed by atoms with van der Waals surface area (Å²) >= 11 is 12.2. The molecular weight excluding hydrogens is 558 g/mol. The maximum absolute atomic E-state index is 13.8. The van der Waals surface area contributed by atoms with Gasteiger partial charge in [-0.1, -0.05) is 35.3 Å². The molecule has 1 fully saturated rings. The number of halogens is 3. The molecule has 1 unspecified atom stereocenters. The van der Waals surface area contributed by atoms with Crippen LogP contribution in [0.5, 0.6) is 0 Å². The number of sulfonamides is 1. The Morgan fingerprint density at radius 1 is 1.05 bits per heavy atom. The highest BCUT2D eigenvalue weighted by atomic mass is 35.5. The van der Waals surface area contributed by atoms with Gasteiger partial charge in [-0.3, -0.25) is 9.59 Å². The molecule has 0 spiro atoms. The van der Waals surface area contributed by atoms with E-state index >= 15 is 0 Å². The van der Waals surface area contributed by atoms with E-state index in [0.29, 0.717) is 5.56 Å². The summed E-state index contributed by atoms with van der Waals surface area (Å²) in [6.45, 7) is 1.50. The van der Waals surface area contributed by atoms with Crippen LogP contribution in [-0.2, 0) is 30.9 Å². The Hall–Kier alpha value is -3.31. The van der Waals surface area contributed by atoms with E-state index in [0.717, 1.165) is 27.4 Å². The Bertz CT molecular complexity index is 1500. The lowest BCUT2D eigenvalue weighted by Crippen LogP contribution is -2.45. The quantitative estimate of drug-likeness (QED) is 0.280. The highest BCUT2D eigenvalue weighted by molar-refractivity contribution is 7.89. The summed E-state index contributed by atoms with van der Waals surface area (Å²) in [6, 6.07) is 13.1. The normalized spacial score (nSPS) is 15.8. The van der Waals surface area contributed by atoms with Gasteiger partial charge in [-0.15, -0.1) is 0 Å². The SMILES string of the molecule is CCOC(=O)c1ccc(N2C(=O)CC(N(Cc3ccc(F)cc3)S(=O)(=O)c3cc(Cl)ccc3Cl)C2=O)cc1. The van der Waals surface area contributed by atoms with Crippen molar-refractivity contribution in [1.29, 1.82) is 0 Å². The molecule has 198 valence electrons. The van der Waals surface area contributed by atoms with Gasteiger partial charge in [-0.2, -0.15) is 4.31 Å². The van der Waals surface area contributed by atoms with Gasteiger partial charge in [-0.25, -0.2) is 22.5 Å². The first-order valence-corrected chi connectivity index (χ1v) is 13.6. The fourth-order valence-electron chi connectivity index (χ4n) is 4.01. The van der Waals surface area contributed by atoms with Crippen molar-refractivity contribution in [2.45, 2.75) is 30.8 Å².